The van der Waals surface area contributed by atoms with Crippen molar-refractivity contribution in [3.63, 3.8) is 0 Å². The number of anilines is 1. The van der Waals surface area contributed by atoms with Gasteiger partial charge in [-0.25, -0.2) is 4.79 Å². The van der Waals surface area contributed by atoms with Crippen LogP contribution in [0.3, 0.4) is 0 Å². The van der Waals surface area contributed by atoms with Gasteiger partial charge in [-0.2, -0.15) is 0 Å². The molecule has 3 rings (SSSR count). The summed E-state index contributed by atoms with van der Waals surface area (Å²) in [7, 11) is 1.53. The highest BCUT2D eigenvalue weighted by atomic mass is 16.6. The smallest absolute Gasteiger partial charge is 0.355 e. The molecule has 0 unspecified atom stereocenters. The van der Waals surface area contributed by atoms with Crippen molar-refractivity contribution in [1.29, 1.82) is 0 Å². The molecular weight excluding hydrogens is 362 g/mol. The first-order chi connectivity index (χ1) is 13.4. The van der Waals surface area contributed by atoms with Gasteiger partial charge in [0.25, 0.3) is 11.6 Å². The molecule has 0 spiro atoms. The zero-order valence-electron chi connectivity index (χ0n) is 15.0. The van der Waals surface area contributed by atoms with E-state index in [2.05, 4.69) is 5.32 Å². The topological polar surface area (TPSA) is 103 Å². The number of rotatable bonds is 6. The second-order valence-corrected chi connectivity index (χ2v) is 6.04. The van der Waals surface area contributed by atoms with E-state index < -0.39 is 10.9 Å². The molecule has 1 N–H and O–H groups in total. The minimum Gasteiger partial charge on any atom is -0.456 e. The van der Waals surface area contributed by atoms with Gasteiger partial charge in [0.1, 0.15) is 12.3 Å². The Kier molecular flexibility index (Phi) is 5.50. The molecular formula is C20H17N3O5. The van der Waals surface area contributed by atoms with E-state index in [0.29, 0.717) is 16.8 Å². The van der Waals surface area contributed by atoms with Crippen molar-refractivity contribution in [2.75, 3.05) is 5.32 Å². The van der Waals surface area contributed by atoms with Gasteiger partial charge < -0.3 is 14.6 Å². The second-order valence-electron chi connectivity index (χ2n) is 6.04. The average Bonchev–Trinajstić information content (AvgIpc) is 3.09. The lowest BCUT2D eigenvalue weighted by molar-refractivity contribution is -0.384. The Labute approximate surface area is 160 Å². The van der Waals surface area contributed by atoms with Crippen molar-refractivity contribution in [1.82, 2.24) is 4.57 Å². The van der Waals surface area contributed by atoms with Gasteiger partial charge in [-0.05, 0) is 29.8 Å². The van der Waals surface area contributed by atoms with Gasteiger partial charge in [-0.15, -0.1) is 0 Å². The predicted octanol–water partition coefficient (Wildman–Crippen LogP) is 3.54. The average molecular weight is 379 g/mol. The van der Waals surface area contributed by atoms with E-state index in [1.54, 1.807) is 36.4 Å². The standard InChI is InChI=1S/C20H17N3O5/c1-22-12-17(23(26)27)11-18(22)20(25)28-13-14-7-9-15(10-8-14)19(24)21-16-5-3-2-4-6-16/h2-12H,13H2,1H3,(H,21,24). The Morgan fingerprint density at radius 3 is 2.39 bits per heavy atom. The Balaban J connectivity index is 1.59. The monoisotopic (exact) mass is 379 g/mol. The minimum atomic E-state index is -0.665. The molecule has 0 atom stereocenters. The van der Waals surface area contributed by atoms with E-state index in [-0.39, 0.29) is 23.9 Å². The van der Waals surface area contributed by atoms with Crippen molar-refractivity contribution in [3.8, 4) is 0 Å². The molecule has 2 aromatic carbocycles. The van der Waals surface area contributed by atoms with Crippen LogP contribution in [0, 0.1) is 10.1 Å². The molecule has 0 aliphatic carbocycles. The van der Waals surface area contributed by atoms with Crippen molar-refractivity contribution in [3.05, 3.63) is 93.8 Å². The van der Waals surface area contributed by atoms with Crippen molar-refractivity contribution < 1.29 is 19.2 Å². The third kappa shape index (κ3) is 4.42. The van der Waals surface area contributed by atoms with E-state index in [4.69, 9.17) is 4.74 Å². The molecule has 28 heavy (non-hydrogen) atoms. The molecule has 0 fully saturated rings. The zero-order valence-corrected chi connectivity index (χ0v) is 15.0. The molecule has 0 aliphatic heterocycles. The lowest BCUT2D eigenvalue weighted by atomic mass is 10.1. The van der Waals surface area contributed by atoms with E-state index in [1.165, 1.54) is 23.9 Å². The van der Waals surface area contributed by atoms with Crippen LogP contribution >= 0.6 is 0 Å². The largest absolute Gasteiger partial charge is 0.456 e. The molecule has 8 nitrogen and oxygen atoms in total. The molecule has 8 heteroatoms. The highest BCUT2D eigenvalue weighted by Crippen LogP contribution is 2.17. The number of nitrogens with one attached hydrogen (secondary N) is 1. The van der Waals surface area contributed by atoms with Gasteiger partial charge in [0, 0.05) is 24.4 Å². The maximum atomic E-state index is 12.2. The fourth-order valence-electron chi connectivity index (χ4n) is 2.55. The Hall–Kier alpha value is -3.94. The summed E-state index contributed by atoms with van der Waals surface area (Å²) < 4.78 is 6.55. The lowest BCUT2D eigenvalue weighted by Crippen LogP contribution is -2.12. The van der Waals surface area contributed by atoms with Gasteiger partial charge in [-0.3, -0.25) is 14.9 Å². The Morgan fingerprint density at radius 1 is 1.11 bits per heavy atom. The molecule has 0 saturated heterocycles. The first-order valence-electron chi connectivity index (χ1n) is 8.37. The van der Waals surface area contributed by atoms with Gasteiger partial charge in [0.15, 0.2) is 0 Å². The van der Waals surface area contributed by atoms with Crippen LogP contribution in [0.1, 0.15) is 26.4 Å². The zero-order chi connectivity index (χ0) is 20.1. The third-order valence-electron chi connectivity index (χ3n) is 4.03. The van der Waals surface area contributed by atoms with E-state index >= 15 is 0 Å². The summed E-state index contributed by atoms with van der Waals surface area (Å²) >= 11 is 0. The number of para-hydroxylation sites is 1. The number of carbonyl (C=O) groups excluding carboxylic acids is 2. The molecule has 1 amide bonds. The van der Waals surface area contributed by atoms with Crippen LogP contribution in [0.2, 0.25) is 0 Å². The van der Waals surface area contributed by atoms with E-state index in [9.17, 15) is 19.7 Å². The first-order valence-corrected chi connectivity index (χ1v) is 8.37. The van der Waals surface area contributed by atoms with Crippen LogP contribution < -0.4 is 5.32 Å². The third-order valence-corrected chi connectivity index (χ3v) is 4.03. The fraction of sp³-hybridized carbons (Fsp3) is 0.100. The second kappa shape index (κ2) is 8.17. The van der Waals surface area contributed by atoms with Crippen LogP contribution in [0.15, 0.2) is 66.9 Å². The number of nitro groups is 1. The molecule has 0 saturated carbocycles. The molecule has 142 valence electrons. The highest BCUT2D eigenvalue weighted by molar-refractivity contribution is 6.04. The number of esters is 1. The number of nitrogens with zero attached hydrogens (tertiary/aromatic N) is 2. The number of carbonyl (C=O) groups is 2. The molecule has 0 aliphatic rings. The number of ether oxygens (including phenoxy) is 1. The van der Waals surface area contributed by atoms with Crippen LogP contribution in [-0.4, -0.2) is 21.4 Å². The van der Waals surface area contributed by atoms with Crippen LogP contribution in [0.25, 0.3) is 0 Å². The van der Waals surface area contributed by atoms with Crippen LogP contribution in [-0.2, 0) is 18.4 Å². The first kappa shape index (κ1) is 18.8. The number of benzene rings is 2. The maximum Gasteiger partial charge on any atom is 0.355 e. The van der Waals surface area contributed by atoms with Crippen molar-refractivity contribution in [2.24, 2.45) is 7.05 Å². The summed E-state index contributed by atoms with van der Waals surface area (Å²) in [5.41, 5.74) is 1.77. The molecule has 3 aromatic rings. The summed E-state index contributed by atoms with van der Waals surface area (Å²) in [6, 6.07) is 16.9. The Morgan fingerprint density at radius 2 is 1.79 bits per heavy atom. The number of aromatic nitrogens is 1. The summed E-state index contributed by atoms with van der Waals surface area (Å²) in [6.45, 7) is -0.0155. The molecule has 1 heterocycles. The predicted molar refractivity (Wildman–Crippen MR) is 102 cm³/mol. The lowest BCUT2D eigenvalue weighted by Gasteiger charge is -2.07. The highest BCUT2D eigenvalue weighted by Gasteiger charge is 2.18. The van der Waals surface area contributed by atoms with Gasteiger partial charge >= 0.3 is 5.97 Å². The summed E-state index contributed by atoms with van der Waals surface area (Å²) in [5.74, 6) is -0.910. The normalized spacial score (nSPS) is 10.3. The number of amides is 1. The molecule has 0 radical (unpaired) electrons. The van der Waals surface area contributed by atoms with Crippen LogP contribution in [0.5, 0.6) is 0 Å². The van der Waals surface area contributed by atoms with Crippen LogP contribution in [0.4, 0.5) is 11.4 Å². The summed E-state index contributed by atoms with van der Waals surface area (Å²) in [5, 5.41) is 13.6. The minimum absolute atomic E-state index is 0.0155. The molecule has 1 aromatic heterocycles. The number of aryl methyl sites for hydroxylation is 1. The maximum absolute atomic E-state index is 12.2. The summed E-state index contributed by atoms with van der Waals surface area (Å²) in [4.78, 5) is 34.5. The summed E-state index contributed by atoms with van der Waals surface area (Å²) in [6.07, 6.45) is 1.25. The van der Waals surface area contributed by atoms with Crippen molar-refractivity contribution in [2.45, 2.75) is 6.61 Å². The van der Waals surface area contributed by atoms with Gasteiger partial charge in [-0.1, -0.05) is 30.3 Å². The van der Waals surface area contributed by atoms with E-state index in [0.717, 1.165) is 0 Å². The quantitative estimate of drug-likeness (QED) is 0.401. The fourth-order valence-corrected chi connectivity index (χ4v) is 2.55. The van der Waals surface area contributed by atoms with Gasteiger partial charge in [0.2, 0.25) is 0 Å². The SMILES string of the molecule is Cn1cc([N+](=O)[O-])cc1C(=O)OCc1ccc(C(=O)Nc2ccccc2)cc1. The van der Waals surface area contributed by atoms with E-state index in [1.807, 2.05) is 18.2 Å². The van der Waals surface area contributed by atoms with Gasteiger partial charge in [0.05, 0.1) is 11.1 Å². The number of hydrogen-bond donors (Lipinski definition) is 1. The number of hydrogen-bond acceptors (Lipinski definition) is 5. The Bertz CT molecular complexity index is 1010. The van der Waals surface area contributed by atoms with Crippen molar-refractivity contribution >= 4 is 23.3 Å². The molecule has 0 bridgehead atoms.